The van der Waals surface area contributed by atoms with Gasteiger partial charge in [0.15, 0.2) is 0 Å². The summed E-state index contributed by atoms with van der Waals surface area (Å²) in [5.41, 5.74) is 3.86. The quantitative estimate of drug-likeness (QED) is 0.415. The van der Waals surface area contributed by atoms with Crippen molar-refractivity contribution in [3.63, 3.8) is 0 Å². The average molecular weight is 438 g/mol. The minimum absolute atomic E-state index is 0.0207. The zero-order valence-electron chi connectivity index (χ0n) is 19.2. The Labute approximate surface area is 196 Å². The van der Waals surface area contributed by atoms with Crippen LogP contribution in [0, 0.1) is 11.8 Å². The van der Waals surface area contributed by atoms with E-state index < -0.39 is 0 Å². The topological polar surface area (TPSA) is 45.2 Å². The normalized spacial score (nSPS) is 25.5. The van der Waals surface area contributed by atoms with E-state index in [0.717, 1.165) is 41.5 Å². The van der Waals surface area contributed by atoms with E-state index in [1.165, 1.54) is 6.42 Å². The first-order valence-corrected chi connectivity index (χ1v) is 11.9. The number of fused-ring (bicyclic) bond motifs is 4. The second-order valence-corrected chi connectivity index (χ2v) is 9.35. The van der Waals surface area contributed by atoms with E-state index in [9.17, 15) is 4.79 Å². The van der Waals surface area contributed by atoms with Gasteiger partial charge in [-0.1, -0.05) is 54.6 Å². The van der Waals surface area contributed by atoms with Gasteiger partial charge in [0, 0.05) is 29.7 Å². The molecule has 3 aromatic rings. The summed E-state index contributed by atoms with van der Waals surface area (Å²) < 4.78 is 0. The number of nitrogens with one attached hydrogen (secondary N) is 1. The fraction of sp³-hybridized carbons (Fsp3) is 0.310. The molecule has 0 saturated carbocycles. The van der Waals surface area contributed by atoms with Crippen LogP contribution in [0.25, 0.3) is 17.0 Å². The van der Waals surface area contributed by atoms with Gasteiger partial charge in [-0.05, 0) is 67.5 Å². The van der Waals surface area contributed by atoms with Crippen LogP contribution in [0.15, 0.2) is 85.1 Å². The maximum absolute atomic E-state index is 13.4. The van der Waals surface area contributed by atoms with E-state index in [1.807, 2.05) is 67.7 Å². The van der Waals surface area contributed by atoms with Gasteiger partial charge in [-0.15, -0.1) is 6.58 Å². The summed E-state index contributed by atoms with van der Waals surface area (Å²) in [6.07, 6.45) is 8.22. The summed E-state index contributed by atoms with van der Waals surface area (Å²) in [6.45, 7) is 8.06. The molecule has 5 atom stereocenters. The molecule has 4 heterocycles. The van der Waals surface area contributed by atoms with Crippen LogP contribution >= 0.6 is 0 Å². The van der Waals surface area contributed by atoms with E-state index in [0.29, 0.717) is 17.4 Å². The number of carbonyl (C=O) groups excluding carboxylic acids is 1. The van der Waals surface area contributed by atoms with Crippen molar-refractivity contribution >= 4 is 22.9 Å². The minimum atomic E-state index is -0.0990. The first-order chi connectivity index (χ1) is 16.1. The zero-order valence-corrected chi connectivity index (χ0v) is 19.2. The van der Waals surface area contributed by atoms with Gasteiger partial charge in [-0.3, -0.25) is 14.7 Å². The van der Waals surface area contributed by atoms with Crippen LogP contribution in [0.5, 0.6) is 0 Å². The third-order valence-electron chi connectivity index (χ3n) is 7.38. The first-order valence-electron chi connectivity index (χ1n) is 11.9. The number of pyridine rings is 1. The molecule has 3 fully saturated rings. The Balaban J connectivity index is 1.50. The lowest BCUT2D eigenvalue weighted by Crippen LogP contribution is -2.57. The van der Waals surface area contributed by atoms with Crippen molar-refractivity contribution in [3.05, 3.63) is 96.2 Å². The largest absolute Gasteiger partial charge is 0.344 e. The molecule has 4 nitrogen and oxygen atoms in total. The maximum atomic E-state index is 13.4. The van der Waals surface area contributed by atoms with Gasteiger partial charge in [-0.25, -0.2) is 0 Å². The highest BCUT2D eigenvalue weighted by atomic mass is 16.1. The third kappa shape index (κ3) is 4.36. The molecule has 168 valence electrons. The fourth-order valence-electron chi connectivity index (χ4n) is 5.61. The van der Waals surface area contributed by atoms with Gasteiger partial charge in [-0.2, -0.15) is 0 Å². The second-order valence-electron chi connectivity index (χ2n) is 9.35. The lowest BCUT2D eigenvalue weighted by molar-refractivity contribution is -0.119. The van der Waals surface area contributed by atoms with E-state index in [2.05, 4.69) is 40.0 Å². The van der Waals surface area contributed by atoms with Crippen LogP contribution in [0.1, 0.15) is 36.9 Å². The molecule has 3 aliphatic heterocycles. The number of carbonyl (C=O) groups is 1. The van der Waals surface area contributed by atoms with Crippen LogP contribution in [-0.4, -0.2) is 34.9 Å². The molecule has 3 aliphatic rings. The summed E-state index contributed by atoms with van der Waals surface area (Å²) >= 11 is 0. The van der Waals surface area contributed by atoms with Crippen LogP contribution in [0.3, 0.4) is 0 Å². The number of aromatic nitrogens is 1. The molecule has 1 N–H and O–H groups in total. The van der Waals surface area contributed by atoms with Crippen molar-refractivity contribution in [1.82, 2.24) is 15.2 Å². The molecular weight excluding hydrogens is 406 g/mol. The Hall–Kier alpha value is -3.24. The van der Waals surface area contributed by atoms with E-state index in [-0.39, 0.29) is 18.0 Å². The van der Waals surface area contributed by atoms with Gasteiger partial charge in [0.2, 0.25) is 5.91 Å². The highest BCUT2D eigenvalue weighted by molar-refractivity contribution is 5.97. The molecule has 3 saturated heterocycles. The highest BCUT2D eigenvalue weighted by Crippen LogP contribution is 2.42. The molecule has 2 aromatic carbocycles. The summed E-state index contributed by atoms with van der Waals surface area (Å²) in [7, 11) is 0. The number of rotatable bonds is 6. The van der Waals surface area contributed by atoms with Crippen molar-refractivity contribution in [2.24, 2.45) is 11.8 Å². The van der Waals surface area contributed by atoms with Gasteiger partial charge < -0.3 is 5.32 Å². The molecule has 1 unspecified atom stereocenters. The molecule has 4 heteroatoms. The van der Waals surface area contributed by atoms with Crippen molar-refractivity contribution in [1.29, 1.82) is 0 Å². The molecule has 1 aromatic heterocycles. The summed E-state index contributed by atoms with van der Waals surface area (Å²) in [5.74, 6) is 1.15. The molecule has 0 radical (unpaired) electrons. The predicted octanol–water partition coefficient (Wildman–Crippen LogP) is 5.39. The van der Waals surface area contributed by atoms with Crippen molar-refractivity contribution in [2.45, 2.75) is 31.8 Å². The van der Waals surface area contributed by atoms with Crippen molar-refractivity contribution in [3.8, 4) is 0 Å². The summed E-state index contributed by atoms with van der Waals surface area (Å²) in [6, 6.07) is 20.5. The average Bonchev–Trinajstić information content (AvgIpc) is 2.87. The lowest BCUT2D eigenvalue weighted by atomic mass is 9.73. The third-order valence-corrected chi connectivity index (χ3v) is 7.38. The molecular formula is C29H31N3O. The number of hydrogen-bond acceptors (Lipinski definition) is 3. The Morgan fingerprint density at radius 3 is 2.70 bits per heavy atom. The Bertz CT molecular complexity index is 1180. The van der Waals surface area contributed by atoms with Gasteiger partial charge in [0.05, 0.1) is 11.6 Å². The molecule has 0 aliphatic carbocycles. The lowest BCUT2D eigenvalue weighted by Gasteiger charge is -2.51. The molecule has 0 spiro atoms. The van der Waals surface area contributed by atoms with E-state index in [4.69, 9.17) is 0 Å². The standard InChI is InChI=1S/C29H31N3O/c1-3-22-19-32-16-14-23(22)18-27(32)28(25-13-15-30-26-12-8-7-11-24(25)26)31-29(33)20(2)17-21-9-5-4-6-10-21/h3-13,15,17,22-23,27-28H,1,14,16,18-19H2,2H3,(H,31,33)/b20-17+/t22-,23-,27+,28-/m0/s1. The van der Waals surface area contributed by atoms with Crippen molar-refractivity contribution < 1.29 is 4.79 Å². The summed E-state index contributed by atoms with van der Waals surface area (Å²) in [5, 5.41) is 4.54. The van der Waals surface area contributed by atoms with Crippen LogP contribution in [-0.2, 0) is 4.79 Å². The molecule has 1 amide bonds. The minimum Gasteiger partial charge on any atom is -0.344 e. The maximum Gasteiger partial charge on any atom is 0.247 e. The Morgan fingerprint density at radius 1 is 1.15 bits per heavy atom. The SMILES string of the molecule is C=C[C@H]1CN2CC[C@H]1C[C@@H]2[C@@H](NC(=O)/C(C)=C/c1ccccc1)c1ccnc2ccccc12. The Morgan fingerprint density at radius 2 is 1.94 bits per heavy atom. The van der Waals surface area contributed by atoms with Crippen molar-refractivity contribution in [2.75, 3.05) is 13.1 Å². The van der Waals surface area contributed by atoms with Gasteiger partial charge >= 0.3 is 0 Å². The fourth-order valence-corrected chi connectivity index (χ4v) is 5.61. The van der Waals surface area contributed by atoms with Crippen LogP contribution in [0.2, 0.25) is 0 Å². The number of para-hydroxylation sites is 1. The Kier molecular flexibility index (Phi) is 6.10. The van der Waals surface area contributed by atoms with Crippen LogP contribution in [0.4, 0.5) is 0 Å². The number of benzene rings is 2. The van der Waals surface area contributed by atoms with E-state index >= 15 is 0 Å². The highest BCUT2D eigenvalue weighted by Gasteiger charge is 2.43. The second kappa shape index (κ2) is 9.32. The van der Waals surface area contributed by atoms with E-state index in [1.54, 1.807) is 0 Å². The summed E-state index contributed by atoms with van der Waals surface area (Å²) in [4.78, 5) is 20.5. The number of nitrogens with zero attached hydrogens (tertiary/aromatic N) is 2. The molecule has 6 rings (SSSR count). The predicted molar refractivity (Wildman–Crippen MR) is 134 cm³/mol. The first kappa shape index (κ1) is 21.6. The smallest absolute Gasteiger partial charge is 0.247 e. The number of hydrogen-bond donors (Lipinski definition) is 1. The van der Waals surface area contributed by atoms with Gasteiger partial charge in [0.1, 0.15) is 0 Å². The van der Waals surface area contributed by atoms with Crippen LogP contribution < -0.4 is 5.32 Å². The number of amides is 1. The zero-order chi connectivity index (χ0) is 22.8. The van der Waals surface area contributed by atoms with Gasteiger partial charge in [0.25, 0.3) is 0 Å². The molecule has 33 heavy (non-hydrogen) atoms. The molecule has 2 bridgehead atoms. The monoisotopic (exact) mass is 437 g/mol. The number of piperidine rings is 3.